The van der Waals surface area contributed by atoms with Gasteiger partial charge in [0.15, 0.2) is 4.77 Å². The lowest BCUT2D eigenvalue weighted by atomic mass is 10.1. The highest BCUT2D eigenvalue weighted by atomic mass is 32.1. The Morgan fingerprint density at radius 3 is 2.53 bits per heavy atom. The van der Waals surface area contributed by atoms with Crippen LogP contribution in [0, 0.1) is 4.77 Å². The van der Waals surface area contributed by atoms with Gasteiger partial charge in [0.25, 0.3) is 5.56 Å². The van der Waals surface area contributed by atoms with Gasteiger partial charge in [0, 0.05) is 18.3 Å². The topological polar surface area (TPSA) is 37.8 Å². The first-order chi connectivity index (χ1) is 7.27. The highest BCUT2D eigenvalue weighted by molar-refractivity contribution is 7.71. The Morgan fingerprint density at radius 1 is 1.27 bits per heavy atom. The second kappa shape index (κ2) is 4.75. The van der Waals surface area contributed by atoms with E-state index >= 15 is 0 Å². The summed E-state index contributed by atoms with van der Waals surface area (Å²) in [6.07, 6.45) is 9.38. The molecule has 0 amide bonds. The first-order valence-electron chi connectivity index (χ1n) is 5.59. The lowest BCUT2D eigenvalue weighted by Gasteiger charge is -2.17. The van der Waals surface area contributed by atoms with Crippen LogP contribution in [0.2, 0.25) is 0 Å². The molecule has 3 nitrogen and oxygen atoms in total. The molecule has 1 aromatic heterocycles. The molecule has 1 fully saturated rings. The molecule has 0 aliphatic heterocycles. The van der Waals surface area contributed by atoms with Crippen molar-refractivity contribution in [1.29, 1.82) is 0 Å². The fraction of sp³-hybridized carbons (Fsp3) is 0.636. The van der Waals surface area contributed by atoms with Crippen molar-refractivity contribution < 1.29 is 0 Å². The molecule has 1 aliphatic rings. The van der Waals surface area contributed by atoms with Gasteiger partial charge in [-0.25, -0.2) is 0 Å². The van der Waals surface area contributed by atoms with Crippen LogP contribution >= 0.6 is 12.2 Å². The van der Waals surface area contributed by atoms with Gasteiger partial charge in [0.05, 0.1) is 0 Å². The summed E-state index contributed by atoms with van der Waals surface area (Å²) < 4.78 is 2.61. The molecule has 82 valence electrons. The molecule has 0 radical (unpaired) electrons. The number of aromatic nitrogens is 2. The van der Waals surface area contributed by atoms with Crippen molar-refractivity contribution >= 4 is 12.2 Å². The van der Waals surface area contributed by atoms with E-state index in [1.165, 1.54) is 38.5 Å². The van der Waals surface area contributed by atoms with Crippen molar-refractivity contribution in [3.63, 3.8) is 0 Å². The molecule has 0 aromatic carbocycles. The van der Waals surface area contributed by atoms with Gasteiger partial charge in [-0.2, -0.15) is 0 Å². The predicted octanol–water partition coefficient (Wildman–Crippen LogP) is 2.80. The van der Waals surface area contributed by atoms with E-state index in [1.54, 1.807) is 6.07 Å². The van der Waals surface area contributed by atoms with Gasteiger partial charge in [0.2, 0.25) is 0 Å². The zero-order chi connectivity index (χ0) is 10.7. The van der Waals surface area contributed by atoms with Crippen LogP contribution in [-0.2, 0) is 0 Å². The quantitative estimate of drug-likeness (QED) is 0.588. The molecule has 0 spiro atoms. The van der Waals surface area contributed by atoms with Gasteiger partial charge < -0.3 is 4.57 Å². The summed E-state index contributed by atoms with van der Waals surface area (Å²) in [5, 5.41) is 0. The number of hydrogen-bond donors (Lipinski definition) is 1. The molecule has 1 saturated carbocycles. The third kappa shape index (κ3) is 2.56. The van der Waals surface area contributed by atoms with Gasteiger partial charge in [0.1, 0.15) is 0 Å². The molecule has 0 saturated heterocycles. The molecule has 2 rings (SSSR count). The van der Waals surface area contributed by atoms with Crippen molar-refractivity contribution in [2.24, 2.45) is 0 Å². The van der Waals surface area contributed by atoms with Gasteiger partial charge in [-0.1, -0.05) is 25.7 Å². The zero-order valence-corrected chi connectivity index (χ0v) is 9.55. The Bertz CT molecular complexity index is 427. The predicted molar refractivity (Wildman–Crippen MR) is 62.6 cm³/mol. The molecule has 0 unspecified atom stereocenters. The van der Waals surface area contributed by atoms with E-state index in [0.29, 0.717) is 10.8 Å². The number of hydrogen-bond acceptors (Lipinski definition) is 2. The zero-order valence-electron chi connectivity index (χ0n) is 8.74. The molecule has 1 aliphatic carbocycles. The second-order valence-electron chi connectivity index (χ2n) is 4.16. The maximum atomic E-state index is 11.1. The second-order valence-corrected chi connectivity index (χ2v) is 4.55. The molecular formula is C11H16N2OS. The smallest absolute Gasteiger partial charge is 0.251 e. The lowest BCUT2D eigenvalue weighted by Crippen LogP contribution is -2.15. The highest BCUT2D eigenvalue weighted by Gasteiger charge is 2.13. The average Bonchev–Trinajstić information content (AvgIpc) is 2.46. The van der Waals surface area contributed by atoms with E-state index in [1.807, 2.05) is 10.8 Å². The Balaban J connectivity index is 2.27. The van der Waals surface area contributed by atoms with Crippen LogP contribution in [0.3, 0.4) is 0 Å². The number of rotatable bonds is 1. The summed E-state index contributed by atoms with van der Waals surface area (Å²) >= 11 is 5.17. The van der Waals surface area contributed by atoms with E-state index < -0.39 is 0 Å². The summed E-state index contributed by atoms with van der Waals surface area (Å²) in [5.41, 5.74) is -0.107. The number of nitrogens with zero attached hydrogens (tertiary/aromatic N) is 1. The molecule has 0 atom stereocenters. The molecule has 4 heteroatoms. The van der Waals surface area contributed by atoms with Crippen molar-refractivity contribution in [2.45, 2.75) is 44.6 Å². The minimum absolute atomic E-state index is 0.107. The van der Waals surface area contributed by atoms with E-state index in [-0.39, 0.29) is 5.56 Å². The van der Waals surface area contributed by atoms with E-state index in [4.69, 9.17) is 12.2 Å². The van der Waals surface area contributed by atoms with E-state index in [0.717, 1.165) is 0 Å². The number of H-pyrrole nitrogens is 1. The average molecular weight is 224 g/mol. The van der Waals surface area contributed by atoms with Crippen LogP contribution in [0.15, 0.2) is 17.1 Å². The lowest BCUT2D eigenvalue weighted by molar-refractivity contribution is 0.431. The largest absolute Gasteiger partial charge is 0.322 e. The molecular weight excluding hydrogens is 208 g/mol. The van der Waals surface area contributed by atoms with Crippen molar-refractivity contribution in [1.82, 2.24) is 9.55 Å². The fourth-order valence-electron chi connectivity index (χ4n) is 2.25. The first kappa shape index (κ1) is 10.6. The minimum Gasteiger partial charge on any atom is -0.322 e. The molecule has 15 heavy (non-hydrogen) atoms. The van der Waals surface area contributed by atoms with Crippen LogP contribution in [0.5, 0.6) is 0 Å². The van der Waals surface area contributed by atoms with Gasteiger partial charge in [-0.3, -0.25) is 9.78 Å². The normalized spacial score (nSPS) is 18.7. The van der Waals surface area contributed by atoms with E-state index in [9.17, 15) is 4.79 Å². The van der Waals surface area contributed by atoms with Gasteiger partial charge in [-0.05, 0) is 25.1 Å². The molecule has 1 N–H and O–H groups in total. The van der Waals surface area contributed by atoms with E-state index in [2.05, 4.69) is 4.98 Å². The Hall–Kier alpha value is -0.900. The van der Waals surface area contributed by atoms with Gasteiger partial charge >= 0.3 is 0 Å². The van der Waals surface area contributed by atoms with Crippen LogP contribution in [0.4, 0.5) is 0 Å². The Morgan fingerprint density at radius 2 is 1.93 bits per heavy atom. The highest BCUT2D eigenvalue weighted by Crippen LogP contribution is 2.26. The first-order valence-corrected chi connectivity index (χ1v) is 6.00. The van der Waals surface area contributed by atoms with Crippen LogP contribution < -0.4 is 5.56 Å². The fourth-order valence-corrected chi connectivity index (χ4v) is 2.56. The maximum absolute atomic E-state index is 11.1. The SMILES string of the molecule is O=c1ccn(C2CCCCCC2)c(=S)[nH]1. The van der Waals surface area contributed by atoms with Crippen molar-refractivity contribution in [3.05, 3.63) is 27.4 Å². The third-order valence-corrected chi connectivity index (χ3v) is 3.38. The molecule has 1 heterocycles. The molecule has 0 bridgehead atoms. The number of nitrogens with one attached hydrogen (secondary N) is 1. The Labute approximate surface area is 94.1 Å². The monoisotopic (exact) mass is 224 g/mol. The summed E-state index contributed by atoms with van der Waals surface area (Å²) in [6, 6.07) is 2.04. The van der Waals surface area contributed by atoms with Crippen LogP contribution in [-0.4, -0.2) is 9.55 Å². The standard InChI is InChI=1S/C11H16N2OS/c14-10-7-8-13(11(15)12-10)9-5-3-1-2-4-6-9/h7-9H,1-6H2,(H,12,14,15). The summed E-state index contributed by atoms with van der Waals surface area (Å²) in [4.78, 5) is 13.7. The summed E-state index contributed by atoms with van der Waals surface area (Å²) in [5.74, 6) is 0. The maximum Gasteiger partial charge on any atom is 0.251 e. The third-order valence-electron chi connectivity index (χ3n) is 3.07. The summed E-state index contributed by atoms with van der Waals surface area (Å²) in [7, 11) is 0. The molecule has 1 aromatic rings. The van der Waals surface area contributed by atoms with Crippen molar-refractivity contribution in [3.8, 4) is 0 Å². The summed E-state index contributed by atoms with van der Waals surface area (Å²) in [6.45, 7) is 0. The van der Waals surface area contributed by atoms with Gasteiger partial charge in [-0.15, -0.1) is 0 Å². The Kier molecular flexibility index (Phi) is 3.36. The number of aromatic amines is 1. The van der Waals surface area contributed by atoms with Crippen molar-refractivity contribution in [2.75, 3.05) is 0 Å². The van der Waals surface area contributed by atoms with Crippen LogP contribution in [0.25, 0.3) is 0 Å². The minimum atomic E-state index is -0.107. The van der Waals surface area contributed by atoms with Crippen LogP contribution in [0.1, 0.15) is 44.6 Å².